The van der Waals surface area contributed by atoms with Crippen LogP contribution in [-0.4, -0.2) is 21.4 Å². The zero-order valence-corrected chi connectivity index (χ0v) is 18.9. The van der Waals surface area contributed by atoms with Gasteiger partial charge in [0.05, 0.1) is 6.61 Å². The number of aromatic nitrogens is 3. The van der Waals surface area contributed by atoms with Gasteiger partial charge in [0.25, 0.3) is 0 Å². The molecule has 3 aromatic carbocycles. The van der Waals surface area contributed by atoms with Gasteiger partial charge in [-0.05, 0) is 54.0 Å². The molecule has 0 spiro atoms. The number of nitrogens with zero attached hydrogens (tertiary/aromatic N) is 3. The Hall–Kier alpha value is -3.77. The minimum Gasteiger partial charge on any atom is -0.490 e. The van der Waals surface area contributed by atoms with Gasteiger partial charge in [-0.1, -0.05) is 60.1 Å². The molecule has 1 aromatic heterocycles. The van der Waals surface area contributed by atoms with Crippen molar-refractivity contribution in [3.63, 3.8) is 0 Å². The highest BCUT2D eigenvalue weighted by atomic mass is 35.5. The van der Waals surface area contributed by atoms with Gasteiger partial charge >= 0.3 is 0 Å². The van der Waals surface area contributed by atoms with Crippen LogP contribution in [0.4, 0.5) is 5.95 Å². The maximum Gasteiger partial charge on any atom is 0.226 e. The van der Waals surface area contributed by atoms with Crippen molar-refractivity contribution in [3.8, 4) is 11.5 Å². The van der Waals surface area contributed by atoms with Crippen molar-refractivity contribution < 1.29 is 9.47 Å². The van der Waals surface area contributed by atoms with Crippen LogP contribution >= 0.6 is 11.6 Å². The number of allylic oxidation sites excluding steroid dienone is 1. The smallest absolute Gasteiger partial charge is 0.226 e. The zero-order chi connectivity index (χ0) is 22.6. The van der Waals surface area contributed by atoms with E-state index in [1.807, 2.05) is 84.4 Å². The van der Waals surface area contributed by atoms with Crippen LogP contribution in [0.25, 0.3) is 5.70 Å². The molecule has 1 atom stereocenters. The Bertz CT molecular complexity index is 1270. The minimum atomic E-state index is -0.156. The van der Waals surface area contributed by atoms with Gasteiger partial charge in [-0.2, -0.15) is 10.1 Å². The molecule has 0 bridgehead atoms. The quantitative estimate of drug-likeness (QED) is 0.370. The molecule has 1 aliphatic heterocycles. The first-order valence-electron chi connectivity index (χ1n) is 10.8. The molecule has 0 saturated carbocycles. The monoisotopic (exact) mass is 458 g/mol. The van der Waals surface area contributed by atoms with Crippen LogP contribution in [0.1, 0.15) is 29.7 Å². The molecule has 0 amide bonds. The summed E-state index contributed by atoms with van der Waals surface area (Å²) < 4.78 is 13.9. The number of hydrogen-bond donors (Lipinski definition) is 1. The largest absolute Gasteiger partial charge is 0.490 e. The summed E-state index contributed by atoms with van der Waals surface area (Å²) in [5, 5.41) is 8.49. The van der Waals surface area contributed by atoms with Gasteiger partial charge in [0, 0.05) is 10.7 Å². The Balaban J connectivity index is 1.47. The van der Waals surface area contributed by atoms with Crippen molar-refractivity contribution >= 4 is 23.2 Å². The third-order valence-electron chi connectivity index (χ3n) is 5.41. The highest BCUT2D eigenvalue weighted by molar-refractivity contribution is 6.30. The van der Waals surface area contributed by atoms with Crippen molar-refractivity contribution in [2.75, 3.05) is 11.9 Å². The van der Waals surface area contributed by atoms with E-state index in [0.29, 0.717) is 35.7 Å². The third kappa shape index (κ3) is 4.56. The summed E-state index contributed by atoms with van der Waals surface area (Å²) in [7, 11) is 0. The van der Waals surface area contributed by atoms with Crippen LogP contribution < -0.4 is 14.8 Å². The molecule has 0 saturated heterocycles. The molecule has 0 radical (unpaired) electrons. The number of halogens is 1. The second-order valence-electron chi connectivity index (χ2n) is 7.60. The lowest BCUT2D eigenvalue weighted by Crippen LogP contribution is -2.20. The summed E-state index contributed by atoms with van der Waals surface area (Å²) in [6.45, 7) is 2.98. The van der Waals surface area contributed by atoms with Crippen molar-refractivity contribution in [1.82, 2.24) is 14.8 Å². The van der Waals surface area contributed by atoms with Crippen LogP contribution in [0.15, 0.2) is 85.2 Å². The number of nitrogens with one attached hydrogen (secondary N) is 1. The van der Waals surface area contributed by atoms with Gasteiger partial charge in [0.2, 0.25) is 5.95 Å². The summed E-state index contributed by atoms with van der Waals surface area (Å²) in [6.07, 6.45) is 3.68. The van der Waals surface area contributed by atoms with Gasteiger partial charge in [0.15, 0.2) is 11.5 Å². The van der Waals surface area contributed by atoms with Gasteiger partial charge in [0.1, 0.15) is 19.0 Å². The number of ether oxygens (including phenoxy) is 2. The van der Waals surface area contributed by atoms with E-state index >= 15 is 0 Å². The SMILES string of the molecule is CCOc1cc(C2C=C(c3ccc(Cl)cc3)Nc3ncnn32)ccc1OCc1ccccc1. The predicted molar refractivity (Wildman–Crippen MR) is 130 cm³/mol. The highest BCUT2D eigenvalue weighted by Crippen LogP contribution is 2.37. The standard InChI is InChI=1S/C26H23ClN4O2/c1-2-32-25-14-20(10-13-24(25)33-16-18-6-4-3-5-7-18)23-15-22(19-8-11-21(27)12-9-19)30-26-28-17-29-31(23)26/h3-15,17,23H,2,16H2,1H3,(H,28,29,30). The zero-order valence-electron chi connectivity index (χ0n) is 18.1. The van der Waals surface area contributed by atoms with Crippen molar-refractivity contribution in [2.24, 2.45) is 0 Å². The van der Waals surface area contributed by atoms with E-state index in [4.69, 9.17) is 21.1 Å². The van der Waals surface area contributed by atoms with Gasteiger partial charge in [-0.15, -0.1) is 0 Å². The van der Waals surface area contributed by atoms with Gasteiger partial charge in [-0.25, -0.2) is 4.68 Å². The minimum absolute atomic E-state index is 0.156. The van der Waals surface area contributed by atoms with Crippen LogP contribution in [-0.2, 0) is 6.61 Å². The van der Waals surface area contributed by atoms with E-state index < -0.39 is 0 Å². The molecular formula is C26H23ClN4O2. The first-order chi connectivity index (χ1) is 16.2. The third-order valence-corrected chi connectivity index (χ3v) is 5.66. The van der Waals surface area contributed by atoms with Crippen molar-refractivity contribution in [1.29, 1.82) is 0 Å². The highest BCUT2D eigenvalue weighted by Gasteiger charge is 2.24. The summed E-state index contributed by atoms with van der Waals surface area (Å²) in [5.41, 5.74) is 4.08. The van der Waals surface area contributed by atoms with E-state index in [1.54, 1.807) is 6.33 Å². The number of anilines is 1. The Morgan fingerprint density at radius 2 is 1.79 bits per heavy atom. The molecule has 4 aromatic rings. The summed E-state index contributed by atoms with van der Waals surface area (Å²) in [6, 6.07) is 23.7. The Morgan fingerprint density at radius 1 is 0.970 bits per heavy atom. The van der Waals surface area contributed by atoms with Gasteiger partial charge in [-0.3, -0.25) is 0 Å². The fourth-order valence-electron chi connectivity index (χ4n) is 3.80. The average molecular weight is 459 g/mol. The van der Waals surface area contributed by atoms with Crippen LogP contribution in [0, 0.1) is 0 Å². The Morgan fingerprint density at radius 3 is 2.58 bits per heavy atom. The molecule has 7 heteroatoms. The molecule has 0 aliphatic carbocycles. The van der Waals surface area contributed by atoms with E-state index in [2.05, 4.69) is 21.5 Å². The lowest BCUT2D eigenvalue weighted by atomic mass is 10.0. The topological polar surface area (TPSA) is 61.2 Å². The van der Waals surface area contributed by atoms with Gasteiger partial charge < -0.3 is 14.8 Å². The molecule has 2 heterocycles. The molecular weight excluding hydrogens is 436 g/mol. The van der Waals surface area contributed by atoms with Crippen LogP contribution in [0.2, 0.25) is 5.02 Å². The van der Waals surface area contributed by atoms with E-state index in [0.717, 1.165) is 22.4 Å². The van der Waals surface area contributed by atoms with E-state index in [9.17, 15) is 0 Å². The first kappa shape index (κ1) is 21.1. The first-order valence-corrected chi connectivity index (χ1v) is 11.2. The Kier molecular flexibility index (Phi) is 6.00. The molecule has 0 fully saturated rings. The molecule has 6 nitrogen and oxygen atoms in total. The number of benzene rings is 3. The lowest BCUT2D eigenvalue weighted by Gasteiger charge is -2.25. The van der Waals surface area contributed by atoms with E-state index in [-0.39, 0.29) is 6.04 Å². The summed E-state index contributed by atoms with van der Waals surface area (Å²) >= 11 is 6.07. The van der Waals surface area contributed by atoms with Crippen molar-refractivity contribution in [3.05, 3.63) is 107 Å². The maximum absolute atomic E-state index is 6.07. The number of rotatable bonds is 7. The number of hydrogen-bond acceptors (Lipinski definition) is 5. The van der Waals surface area contributed by atoms with E-state index in [1.165, 1.54) is 0 Å². The molecule has 1 unspecified atom stereocenters. The fourth-order valence-corrected chi connectivity index (χ4v) is 3.93. The Labute approximate surface area is 197 Å². The molecule has 5 rings (SSSR count). The number of fused-ring (bicyclic) bond motifs is 1. The summed E-state index contributed by atoms with van der Waals surface area (Å²) in [5.74, 6) is 2.08. The molecule has 166 valence electrons. The van der Waals surface area contributed by atoms with Crippen LogP contribution in [0.3, 0.4) is 0 Å². The predicted octanol–water partition coefficient (Wildman–Crippen LogP) is 5.97. The normalized spacial score (nSPS) is 14.7. The molecule has 1 aliphatic rings. The fraction of sp³-hybridized carbons (Fsp3) is 0.154. The second-order valence-corrected chi connectivity index (χ2v) is 8.04. The average Bonchev–Trinajstić information content (AvgIpc) is 3.33. The maximum atomic E-state index is 6.07. The summed E-state index contributed by atoms with van der Waals surface area (Å²) in [4.78, 5) is 4.38. The van der Waals surface area contributed by atoms with Crippen LogP contribution in [0.5, 0.6) is 11.5 Å². The van der Waals surface area contributed by atoms with Crippen molar-refractivity contribution in [2.45, 2.75) is 19.6 Å². The second kappa shape index (κ2) is 9.38. The lowest BCUT2D eigenvalue weighted by molar-refractivity contribution is 0.269. The molecule has 33 heavy (non-hydrogen) atoms. The molecule has 1 N–H and O–H groups in total.